The van der Waals surface area contributed by atoms with Gasteiger partial charge >= 0.3 is 0 Å². The topological polar surface area (TPSA) is 29.1 Å². The summed E-state index contributed by atoms with van der Waals surface area (Å²) in [6, 6.07) is 9.83. The predicted octanol–water partition coefficient (Wildman–Crippen LogP) is 3.90. The molecule has 0 aliphatic carbocycles. The average molecular weight is 221 g/mol. The van der Waals surface area contributed by atoms with Crippen molar-refractivity contribution in [2.45, 2.75) is 0 Å². The Hall–Kier alpha value is -2.10. The van der Waals surface area contributed by atoms with E-state index in [-0.39, 0.29) is 5.75 Å². The maximum absolute atomic E-state index is 13.3. The van der Waals surface area contributed by atoms with Crippen molar-refractivity contribution < 1.29 is 18.6 Å². The fourth-order valence-electron chi connectivity index (χ4n) is 1.21. The minimum atomic E-state index is -1.22. The Morgan fingerprint density at radius 1 is 0.938 bits per heavy atom. The Kier molecular flexibility index (Phi) is 2.72. The van der Waals surface area contributed by atoms with E-state index in [4.69, 9.17) is 4.74 Å². The molecule has 0 heterocycles. The minimum Gasteiger partial charge on any atom is -0.451 e. The predicted molar refractivity (Wildman–Crippen MR) is 53.0 cm³/mol. The molecule has 0 saturated heterocycles. The molecule has 0 fully saturated rings. The third-order valence-electron chi connectivity index (χ3n) is 1.98. The largest absolute Gasteiger partial charge is 0.451 e. The summed E-state index contributed by atoms with van der Waals surface area (Å²) in [5.41, 5.74) is 0. The smallest absolute Gasteiger partial charge is 0.218 e. The summed E-state index contributed by atoms with van der Waals surface area (Å²) in [4.78, 5) is 0. The van der Waals surface area contributed by atoms with Crippen LogP contribution in [0.3, 0.4) is 0 Å². The Balaban J connectivity index is 2.38. The van der Waals surface area contributed by atoms with Crippen LogP contribution in [-0.4, -0.2) is 0 Å². The van der Waals surface area contributed by atoms with E-state index in [1.54, 1.807) is 18.2 Å². The van der Waals surface area contributed by atoms with Gasteiger partial charge in [-0.05, 0) is 24.3 Å². The second kappa shape index (κ2) is 4.18. The molecule has 0 saturated carbocycles. The van der Waals surface area contributed by atoms with E-state index < -0.39 is 23.1 Å². The summed E-state index contributed by atoms with van der Waals surface area (Å²) in [6.07, 6.45) is 0. The van der Waals surface area contributed by atoms with Gasteiger partial charge in [0.05, 0.1) is 0 Å². The molecule has 16 heavy (non-hydrogen) atoms. The molecule has 0 atom stereocenters. The van der Waals surface area contributed by atoms with Gasteiger partial charge in [-0.1, -0.05) is 18.2 Å². The summed E-state index contributed by atoms with van der Waals surface area (Å²) in [5, 5.41) is 11.0. The SMILES string of the molecule is [O]c1ccc(F)c(Oc2ccccc2)c1F. The molecule has 2 nitrogen and oxygen atoms in total. The molecule has 4 heteroatoms. The van der Waals surface area contributed by atoms with Crippen LogP contribution in [-0.2, 0) is 5.11 Å². The summed E-state index contributed by atoms with van der Waals surface area (Å²) in [7, 11) is 0. The van der Waals surface area contributed by atoms with Gasteiger partial charge in [0.15, 0.2) is 5.82 Å². The molecule has 0 aromatic heterocycles. The number of hydrogen-bond donors (Lipinski definition) is 0. The first-order chi connectivity index (χ1) is 7.68. The van der Waals surface area contributed by atoms with Crippen LogP contribution in [0.5, 0.6) is 17.2 Å². The lowest BCUT2D eigenvalue weighted by Crippen LogP contribution is -1.92. The first kappa shape index (κ1) is 10.4. The molecule has 0 spiro atoms. The van der Waals surface area contributed by atoms with Crippen molar-refractivity contribution >= 4 is 0 Å². The van der Waals surface area contributed by atoms with Crippen LogP contribution >= 0.6 is 0 Å². The summed E-state index contributed by atoms with van der Waals surface area (Å²) < 4.78 is 31.5. The molecule has 0 aliphatic rings. The van der Waals surface area contributed by atoms with Gasteiger partial charge < -0.3 is 4.74 Å². The van der Waals surface area contributed by atoms with Crippen molar-refractivity contribution in [3.63, 3.8) is 0 Å². The minimum absolute atomic E-state index is 0.269. The summed E-state index contributed by atoms with van der Waals surface area (Å²) >= 11 is 0. The standard InChI is InChI=1S/C12H7F2O2/c13-9-6-7-10(15)11(14)12(9)16-8-4-2-1-3-5-8/h1-7H. The fraction of sp³-hybridized carbons (Fsp3) is 0. The monoisotopic (exact) mass is 221 g/mol. The summed E-state index contributed by atoms with van der Waals surface area (Å²) in [6.45, 7) is 0. The number of halogens is 2. The lowest BCUT2D eigenvalue weighted by Gasteiger charge is -2.07. The van der Waals surface area contributed by atoms with Crippen molar-refractivity contribution in [1.29, 1.82) is 0 Å². The highest BCUT2D eigenvalue weighted by Gasteiger charge is 2.16. The molecule has 0 amide bonds. The van der Waals surface area contributed by atoms with Gasteiger partial charge in [0.2, 0.25) is 17.3 Å². The Morgan fingerprint density at radius 3 is 2.31 bits per heavy atom. The van der Waals surface area contributed by atoms with E-state index in [0.717, 1.165) is 12.1 Å². The van der Waals surface area contributed by atoms with Gasteiger partial charge in [0, 0.05) is 0 Å². The van der Waals surface area contributed by atoms with Crippen LogP contribution in [0, 0.1) is 11.6 Å². The molecule has 0 aliphatic heterocycles. The van der Waals surface area contributed by atoms with E-state index in [1.165, 1.54) is 12.1 Å². The molecular weight excluding hydrogens is 214 g/mol. The number of ether oxygens (including phenoxy) is 1. The molecule has 1 radical (unpaired) electrons. The van der Waals surface area contributed by atoms with Crippen molar-refractivity contribution in [1.82, 2.24) is 0 Å². The zero-order valence-electron chi connectivity index (χ0n) is 8.11. The highest BCUT2D eigenvalue weighted by molar-refractivity contribution is 5.39. The molecule has 2 rings (SSSR count). The molecule has 2 aromatic rings. The quantitative estimate of drug-likeness (QED) is 0.756. The van der Waals surface area contributed by atoms with E-state index in [0.29, 0.717) is 0 Å². The maximum atomic E-state index is 13.3. The third-order valence-corrected chi connectivity index (χ3v) is 1.98. The number of hydrogen-bond acceptors (Lipinski definition) is 1. The van der Waals surface area contributed by atoms with Gasteiger partial charge in [0.25, 0.3) is 0 Å². The lowest BCUT2D eigenvalue weighted by molar-refractivity contribution is 0.314. The average Bonchev–Trinajstić information content (AvgIpc) is 2.31. The number of rotatable bonds is 2. The van der Waals surface area contributed by atoms with Crippen LogP contribution in [0.1, 0.15) is 0 Å². The van der Waals surface area contributed by atoms with Crippen LogP contribution in [0.25, 0.3) is 0 Å². The van der Waals surface area contributed by atoms with Crippen LogP contribution < -0.4 is 4.74 Å². The highest BCUT2D eigenvalue weighted by atomic mass is 19.1. The van der Waals surface area contributed by atoms with Crippen molar-refractivity contribution in [3.8, 4) is 17.2 Å². The first-order valence-corrected chi connectivity index (χ1v) is 4.56. The molecule has 0 N–H and O–H groups in total. The first-order valence-electron chi connectivity index (χ1n) is 4.56. The normalized spacial score (nSPS) is 10.1. The zero-order valence-corrected chi connectivity index (χ0v) is 8.11. The fourth-order valence-corrected chi connectivity index (χ4v) is 1.21. The van der Waals surface area contributed by atoms with Gasteiger partial charge in [-0.3, -0.25) is 5.11 Å². The molecular formula is C12H7F2O2. The van der Waals surface area contributed by atoms with Crippen LogP contribution in [0.4, 0.5) is 8.78 Å². The zero-order chi connectivity index (χ0) is 11.5. The second-order valence-electron chi connectivity index (χ2n) is 3.10. The highest BCUT2D eigenvalue weighted by Crippen LogP contribution is 2.32. The van der Waals surface area contributed by atoms with Crippen LogP contribution in [0.15, 0.2) is 42.5 Å². The van der Waals surface area contributed by atoms with Crippen molar-refractivity contribution in [2.24, 2.45) is 0 Å². The lowest BCUT2D eigenvalue weighted by atomic mass is 10.3. The Bertz CT molecular complexity index is 498. The molecule has 0 unspecified atom stereocenters. The van der Waals surface area contributed by atoms with Gasteiger partial charge in [-0.15, -0.1) is 0 Å². The molecule has 81 valence electrons. The summed E-state index contributed by atoms with van der Waals surface area (Å²) in [5.74, 6) is -3.42. The second-order valence-corrected chi connectivity index (χ2v) is 3.10. The van der Waals surface area contributed by atoms with Gasteiger partial charge in [0.1, 0.15) is 5.75 Å². The molecule has 2 aromatic carbocycles. The Morgan fingerprint density at radius 2 is 1.62 bits per heavy atom. The van der Waals surface area contributed by atoms with E-state index >= 15 is 0 Å². The van der Waals surface area contributed by atoms with E-state index in [9.17, 15) is 13.9 Å². The number of para-hydroxylation sites is 1. The Labute approximate surface area is 90.7 Å². The van der Waals surface area contributed by atoms with E-state index in [1.807, 2.05) is 0 Å². The molecule has 0 bridgehead atoms. The van der Waals surface area contributed by atoms with E-state index in [2.05, 4.69) is 0 Å². The van der Waals surface area contributed by atoms with Crippen molar-refractivity contribution in [3.05, 3.63) is 54.1 Å². The van der Waals surface area contributed by atoms with Crippen LogP contribution in [0.2, 0.25) is 0 Å². The van der Waals surface area contributed by atoms with Crippen molar-refractivity contribution in [2.75, 3.05) is 0 Å². The maximum Gasteiger partial charge on any atom is 0.218 e. The third kappa shape index (κ3) is 1.95. The van der Waals surface area contributed by atoms with Gasteiger partial charge in [-0.2, -0.15) is 4.39 Å². The van der Waals surface area contributed by atoms with Gasteiger partial charge in [-0.25, -0.2) is 4.39 Å². The number of benzene rings is 2.